The second kappa shape index (κ2) is 7.66. The lowest BCUT2D eigenvalue weighted by Gasteiger charge is -2.37. The third-order valence-electron chi connectivity index (χ3n) is 4.73. The molecule has 0 fully saturated rings. The highest BCUT2D eigenvalue weighted by molar-refractivity contribution is 9.11. The number of nitrogens with zero attached hydrogens (tertiary/aromatic N) is 1. The highest BCUT2D eigenvalue weighted by Gasteiger charge is 2.34. The Balaban J connectivity index is 1.82. The lowest BCUT2D eigenvalue weighted by molar-refractivity contribution is 0.0702. The lowest BCUT2D eigenvalue weighted by Crippen LogP contribution is -2.40. The molecule has 0 bridgehead atoms. The smallest absolute Gasteiger partial charge is 0.264 e. The number of hydrogen-bond acceptors (Lipinski definition) is 5. The molecule has 1 aliphatic rings. The molecule has 1 atom stereocenters. The highest BCUT2D eigenvalue weighted by Crippen LogP contribution is 2.43. The van der Waals surface area contributed by atoms with E-state index in [1.807, 2.05) is 35.2 Å². The van der Waals surface area contributed by atoms with E-state index in [-0.39, 0.29) is 11.9 Å². The normalized spacial score (nSPS) is 16.1. The average molecular weight is 464 g/mol. The second-order valence-corrected chi connectivity index (χ2v) is 9.62. The van der Waals surface area contributed by atoms with Crippen LogP contribution in [0.1, 0.15) is 31.7 Å². The van der Waals surface area contributed by atoms with Crippen LogP contribution >= 0.6 is 38.6 Å². The van der Waals surface area contributed by atoms with Gasteiger partial charge in [0.05, 0.1) is 28.9 Å². The lowest BCUT2D eigenvalue weighted by atomic mass is 9.90. The molecule has 0 N–H and O–H groups in total. The predicted octanol–water partition coefficient (Wildman–Crippen LogP) is 5.38. The number of fused-ring (bicyclic) bond motifs is 1. The van der Waals surface area contributed by atoms with Crippen LogP contribution < -0.4 is 9.47 Å². The molecule has 1 aliphatic heterocycles. The Labute approximate surface area is 174 Å². The largest absolute Gasteiger partial charge is 0.493 e. The summed E-state index contributed by atoms with van der Waals surface area (Å²) in [7, 11) is 3.29. The number of amides is 1. The monoisotopic (exact) mass is 463 g/mol. The van der Waals surface area contributed by atoms with Gasteiger partial charge in [0.25, 0.3) is 5.91 Å². The highest BCUT2D eigenvalue weighted by atomic mass is 79.9. The van der Waals surface area contributed by atoms with Gasteiger partial charge in [0.2, 0.25) is 0 Å². The van der Waals surface area contributed by atoms with E-state index in [1.54, 1.807) is 25.6 Å². The van der Waals surface area contributed by atoms with Crippen molar-refractivity contribution in [1.82, 2.24) is 4.90 Å². The molecular weight excluding hydrogens is 446 g/mol. The van der Waals surface area contributed by atoms with Crippen molar-refractivity contribution in [3.8, 4) is 11.5 Å². The number of methoxy groups -OCH3 is 2. The maximum atomic E-state index is 13.3. The van der Waals surface area contributed by atoms with Crippen molar-refractivity contribution in [3.63, 3.8) is 0 Å². The van der Waals surface area contributed by atoms with E-state index in [0.29, 0.717) is 12.3 Å². The zero-order chi connectivity index (χ0) is 19.0. The minimum Gasteiger partial charge on any atom is -0.493 e. The fourth-order valence-corrected chi connectivity index (χ4v) is 5.69. The summed E-state index contributed by atoms with van der Waals surface area (Å²) in [5, 5.41) is 2.05. The first-order valence-corrected chi connectivity index (χ1v) is 11.0. The zero-order valence-corrected chi connectivity index (χ0v) is 18.1. The van der Waals surface area contributed by atoms with Crippen LogP contribution in [0.2, 0.25) is 0 Å². The molecule has 4 nitrogen and oxygen atoms in total. The minimum absolute atomic E-state index is 0.0598. The van der Waals surface area contributed by atoms with Crippen LogP contribution in [-0.4, -0.2) is 31.6 Å². The maximum absolute atomic E-state index is 13.3. The van der Waals surface area contributed by atoms with Gasteiger partial charge in [0.1, 0.15) is 0 Å². The van der Waals surface area contributed by atoms with E-state index >= 15 is 0 Å². The van der Waals surface area contributed by atoms with Crippen molar-refractivity contribution in [2.75, 3.05) is 20.8 Å². The van der Waals surface area contributed by atoms with Crippen molar-refractivity contribution < 1.29 is 14.3 Å². The van der Waals surface area contributed by atoms with Gasteiger partial charge in [-0.1, -0.05) is 6.07 Å². The van der Waals surface area contributed by atoms with E-state index in [0.717, 1.165) is 31.3 Å². The predicted molar refractivity (Wildman–Crippen MR) is 112 cm³/mol. The molecular formula is C20H18BrNO3S2. The molecule has 4 rings (SSSR count). The van der Waals surface area contributed by atoms with Crippen LogP contribution in [0.3, 0.4) is 0 Å². The molecule has 0 saturated heterocycles. The Bertz CT molecular complexity index is 968. The Hall–Kier alpha value is -1.83. The summed E-state index contributed by atoms with van der Waals surface area (Å²) in [6, 6.07) is 11.9. The van der Waals surface area contributed by atoms with Gasteiger partial charge in [-0.3, -0.25) is 4.79 Å². The molecule has 1 amide bonds. The third kappa shape index (κ3) is 3.39. The van der Waals surface area contributed by atoms with Crippen LogP contribution in [0.15, 0.2) is 45.6 Å². The van der Waals surface area contributed by atoms with Gasteiger partial charge < -0.3 is 14.4 Å². The average Bonchev–Trinajstić information content (AvgIpc) is 3.37. The standard InChI is InChI=1S/C20H18BrNO3S2/c1-24-14-10-12-7-8-22(20(23)17-5-6-18(21)27-17)19(16-4-3-9-26-16)13(12)11-15(14)25-2/h3-6,9-11,19H,7-8H2,1-2H3. The van der Waals surface area contributed by atoms with Gasteiger partial charge in [-0.05, 0) is 69.2 Å². The molecule has 0 aliphatic carbocycles. The number of halogens is 1. The van der Waals surface area contributed by atoms with Crippen molar-refractivity contribution in [3.05, 3.63) is 66.4 Å². The summed E-state index contributed by atoms with van der Waals surface area (Å²) < 4.78 is 12.0. The quantitative estimate of drug-likeness (QED) is 0.521. The topological polar surface area (TPSA) is 38.8 Å². The van der Waals surface area contributed by atoms with Gasteiger partial charge in [0, 0.05) is 11.4 Å². The number of carbonyl (C=O) groups excluding carboxylic acids is 1. The Kier molecular flexibility index (Phi) is 5.25. The van der Waals surface area contributed by atoms with Crippen LogP contribution in [0.4, 0.5) is 0 Å². The number of ether oxygens (including phenoxy) is 2. The molecule has 0 saturated carbocycles. The first kappa shape index (κ1) is 18.5. The fourth-order valence-electron chi connectivity index (χ4n) is 3.49. The third-order valence-corrected chi connectivity index (χ3v) is 7.27. The Morgan fingerprint density at radius 2 is 1.96 bits per heavy atom. The molecule has 3 aromatic rings. The molecule has 27 heavy (non-hydrogen) atoms. The first-order chi connectivity index (χ1) is 13.1. The van der Waals surface area contributed by atoms with Gasteiger partial charge in [0.15, 0.2) is 11.5 Å². The van der Waals surface area contributed by atoms with Crippen molar-refractivity contribution in [2.24, 2.45) is 0 Å². The zero-order valence-electron chi connectivity index (χ0n) is 14.9. The van der Waals surface area contributed by atoms with E-state index in [4.69, 9.17) is 9.47 Å². The number of carbonyl (C=O) groups is 1. The summed E-state index contributed by atoms with van der Waals surface area (Å²) in [6.45, 7) is 0.666. The summed E-state index contributed by atoms with van der Waals surface area (Å²) in [6.07, 6.45) is 0.788. The van der Waals surface area contributed by atoms with Crippen LogP contribution in [0, 0.1) is 0 Å². The molecule has 140 valence electrons. The molecule has 2 aromatic heterocycles. The number of benzene rings is 1. The van der Waals surface area contributed by atoms with Gasteiger partial charge in [-0.25, -0.2) is 0 Å². The van der Waals surface area contributed by atoms with E-state index in [1.165, 1.54) is 16.9 Å². The fraction of sp³-hybridized carbons (Fsp3) is 0.250. The number of thiophene rings is 2. The Morgan fingerprint density at radius 3 is 2.59 bits per heavy atom. The van der Waals surface area contributed by atoms with Gasteiger partial charge in [-0.15, -0.1) is 22.7 Å². The minimum atomic E-state index is -0.123. The number of rotatable bonds is 4. The van der Waals surface area contributed by atoms with Crippen LogP contribution in [-0.2, 0) is 6.42 Å². The molecule has 0 spiro atoms. The molecule has 1 unspecified atom stereocenters. The molecule has 3 heterocycles. The van der Waals surface area contributed by atoms with Crippen LogP contribution in [0.25, 0.3) is 0 Å². The van der Waals surface area contributed by atoms with Crippen molar-refractivity contribution >= 4 is 44.5 Å². The second-order valence-electron chi connectivity index (χ2n) is 6.18. The Morgan fingerprint density at radius 1 is 1.19 bits per heavy atom. The SMILES string of the molecule is COc1cc2c(cc1OC)C(c1cccs1)N(C(=O)c1ccc(Br)s1)CC2. The summed E-state index contributed by atoms with van der Waals surface area (Å²) >= 11 is 6.59. The van der Waals surface area contributed by atoms with E-state index in [9.17, 15) is 4.79 Å². The van der Waals surface area contributed by atoms with E-state index < -0.39 is 0 Å². The van der Waals surface area contributed by atoms with Gasteiger partial charge >= 0.3 is 0 Å². The number of hydrogen-bond donors (Lipinski definition) is 0. The summed E-state index contributed by atoms with van der Waals surface area (Å²) in [5.74, 6) is 1.47. The summed E-state index contributed by atoms with van der Waals surface area (Å²) in [4.78, 5) is 17.1. The molecule has 0 radical (unpaired) electrons. The van der Waals surface area contributed by atoms with Crippen LogP contribution in [0.5, 0.6) is 11.5 Å². The molecule has 7 heteroatoms. The van der Waals surface area contributed by atoms with Crippen molar-refractivity contribution in [1.29, 1.82) is 0 Å². The van der Waals surface area contributed by atoms with Crippen molar-refractivity contribution in [2.45, 2.75) is 12.5 Å². The first-order valence-electron chi connectivity index (χ1n) is 8.47. The molecule has 1 aromatic carbocycles. The summed E-state index contributed by atoms with van der Waals surface area (Å²) in [5.41, 5.74) is 2.30. The maximum Gasteiger partial charge on any atom is 0.264 e. The van der Waals surface area contributed by atoms with Gasteiger partial charge in [-0.2, -0.15) is 0 Å². The van der Waals surface area contributed by atoms with E-state index in [2.05, 4.69) is 27.4 Å².